The second kappa shape index (κ2) is 6.92. The largest absolute Gasteiger partial charge is 0.496 e. The number of benzene rings is 1. The number of rotatable bonds is 6. The van der Waals surface area contributed by atoms with E-state index in [9.17, 15) is 0 Å². The van der Waals surface area contributed by atoms with Crippen LogP contribution in [0.2, 0.25) is 0 Å². The van der Waals surface area contributed by atoms with Gasteiger partial charge in [-0.3, -0.25) is 0 Å². The van der Waals surface area contributed by atoms with E-state index in [1.807, 2.05) is 0 Å². The van der Waals surface area contributed by atoms with Crippen LogP contribution in [-0.2, 0) is 0 Å². The zero-order valence-corrected chi connectivity index (χ0v) is 13.2. The Kier molecular flexibility index (Phi) is 5.83. The molecule has 3 nitrogen and oxygen atoms in total. The highest BCUT2D eigenvalue weighted by atomic mass is 16.5. The summed E-state index contributed by atoms with van der Waals surface area (Å²) in [6.45, 7) is 7.25. The Bertz CT molecular complexity index is 415. The molecule has 0 aromatic heterocycles. The van der Waals surface area contributed by atoms with Crippen LogP contribution < -0.4 is 10.5 Å². The van der Waals surface area contributed by atoms with Crippen molar-refractivity contribution in [3.05, 3.63) is 28.8 Å². The summed E-state index contributed by atoms with van der Waals surface area (Å²) in [6.07, 6.45) is 1.01. The Hall–Kier alpha value is -1.06. The maximum atomic E-state index is 5.72. The van der Waals surface area contributed by atoms with Crippen LogP contribution in [0.4, 0.5) is 0 Å². The third kappa shape index (κ3) is 3.71. The molecule has 0 aliphatic rings. The fourth-order valence-corrected chi connectivity index (χ4v) is 2.73. The minimum Gasteiger partial charge on any atom is -0.496 e. The second-order valence-corrected chi connectivity index (χ2v) is 5.64. The average molecular weight is 264 g/mol. The van der Waals surface area contributed by atoms with E-state index in [4.69, 9.17) is 10.5 Å². The third-order valence-corrected chi connectivity index (χ3v) is 3.88. The van der Waals surface area contributed by atoms with Gasteiger partial charge in [0.2, 0.25) is 0 Å². The molecular formula is C16H28N2O. The maximum absolute atomic E-state index is 5.72. The van der Waals surface area contributed by atoms with Crippen LogP contribution in [0.15, 0.2) is 12.1 Å². The van der Waals surface area contributed by atoms with E-state index in [1.54, 1.807) is 7.11 Å². The predicted octanol–water partition coefficient (Wildman–Crippen LogP) is 2.90. The lowest BCUT2D eigenvalue weighted by molar-refractivity contribution is 0.211. The van der Waals surface area contributed by atoms with Gasteiger partial charge in [0.25, 0.3) is 0 Å². The predicted molar refractivity (Wildman–Crippen MR) is 81.7 cm³/mol. The van der Waals surface area contributed by atoms with Gasteiger partial charge < -0.3 is 15.4 Å². The van der Waals surface area contributed by atoms with Gasteiger partial charge in [-0.25, -0.2) is 0 Å². The number of hydrogen-bond acceptors (Lipinski definition) is 3. The van der Waals surface area contributed by atoms with Crippen molar-refractivity contribution in [3.63, 3.8) is 0 Å². The number of methoxy groups -OCH3 is 1. The zero-order valence-electron chi connectivity index (χ0n) is 13.2. The molecule has 1 aromatic carbocycles. The number of aryl methyl sites for hydroxylation is 2. The quantitative estimate of drug-likeness (QED) is 0.858. The summed E-state index contributed by atoms with van der Waals surface area (Å²) in [5, 5.41) is 0. The monoisotopic (exact) mass is 264 g/mol. The molecule has 0 aliphatic carbocycles. The van der Waals surface area contributed by atoms with Gasteiger partial charge in [0.05, 0.1) is 7.11 Å². The van der Waals surface area contributed by atoms with Gasteiger partial charge in [0, 0.05) is 11.6 Å². The van der Waals surface area contributed by atoms with E-state index in [0.717, 1.165) is 18.7 Å². The van der Waals surface area contributed by atoms with Crippen molar-refractivity contribution in [1.29, 1.82) is 0 Å². The molecule has 0 amide bonds. The molecule has 0 heterocycles. The minimum absolute atomic E-state index is 0.331. The second-order valence-electron chi connectivity index (χ2n) is 5.64. The summed E-state index contributed by atoms with van der Waals surface area (Å²) in [7, 11) is 5.98. The van der Waals surface area contributed by atoms with Crippen LogP contribution in [0.25, 0.3) is 0 Å². The van der Waals surface area contributed by atoms with E-state index in [-0.39, 0.29) is 0 Å². The van der Waals surface area contributed by atoms with Crippen LogP contribution in [0.1, 0.15) is 36.1 Å². The SMILES string of the molecule is COc1cc(C)c(C)cc1C(C(C)CCN)N(C)C. The lowest BCUT2D eigenvalue weighted by Gasteiger charge is -2.32. The van der Waals surface area contributed by atoms with Gasteiger partial charge in [-0.2, -0.15) is 0 Å². The van der Waals surface area contributed by atoms with Crippen molar-refractivity contribution in [2.75, 3.05) is 27.7 Å². The molecule has 0 spiro atoms. The Labute approximate surface area is 117 Å². The first-order valence-corrected chi connectivity index (χ1v) is 6.94. The highest BCUT2D eigenvalue weighted by Gasteiger charge is 2.24. The van der Waals surface area contributed by atoms with Crippen LogP contribution in [-0.4, -0.2) is 32.6 Å². The Morgan fingerprint density at radius 1 is 1.21 bits per heavy atom. The molecule has 108 valence electrons. The molecular weight excluding hydrogens is 236 g/mol. The zero-order chi connectivity index (χ0) is 14.6. The fourth-order valence-electron chi connectivity index (χ4n) is 2.73. The summed E-state index contributed by atoms with van der Waals surface area (Å²) in [5.74, 6) is 1.47. The first-order chi connectivity index (χ1) is 8.92. The molecule has 0 bridgehead atoms. The summed E-state index contributed by atoms with van der Waals surface area (Å²) in [4.78, 5) is 2.26. The van der Waals surface area contributed by atoms with Crippen molar-refractivity contribution in [1.82, 2.24) is 4.90 Å². The van der Waals surface area contributed by atoms with E-state index in [1.165, 1.54) is 16.7 Å². The number of nitrogens with zero attached hydrogens (tertiary/aromatic N) is 1. The van der Waals surface area contributed by atoms with Gasteiger partial charge in [-0.05, 0) is 64.0 Å². The van der Waals surface area contributed by atoms with Crippen molar-refractivity contribution >= 4 is 0 Å². The number of nitrogens with two attached hydrogens (primary N) is 1. The van der Waals surface area contributed by atoms with Crippen LogP contribution in [0.3, 0.4) is 0 Å². The van der Waals surface area contributed by atoms with E-state index < -0.39 is 0 Å². The average Bonchev–Trinajstić information content (AvgIpc) is 2.33. The summed E-state index contributed by atoms with van der Waals surface area (Å²) in [6, 6.07) is 4.72. The topological polar surface area (TPSA) is 38.5 Å². The number of ether oxygens (including phenoxy) is 1. The van der Waals surface area contributed by atoms with E-state index >= 15 is 0 Å². The summed E-state index contributed by atoms with van der Waals surface area (Å²) >= 11 is 0. The maximum Gasteiger partial charge on any atom is 0.123 e. The van der Waals surface area contributed by atoms with Gasteiger partial charge in [-0.15, -0.1) is 0 Å². The Morgan fingerprint density at radius 3 is 2.26 bits per heavy atom. The van der Waals surface area contributed by atoms with Crippen LogP contribution >= 0.6 is 0 Å². The standard InChI is InChI=1S/C16H28N2O/c1-11(7-8-17)16(18(4)5)14-9-12(2)13(3)10-15(14)19-6/h9-11,16H,7-8,17H2,1-6H3. The molecule has 1 aromatic rings. The number of hydrogen-bond donors (Lipinski definition) is 1. The van der Waals surface area contributed by atoms with Gasteiger partial charge >= 0.3 is 0 Å². The molecule has 1 rings (SSSR count). The molecule has 2 atom stereocenters. The fraction of sp³-hybridized carbons (Fsp3) is 0.625. The normalized spacial score (nSPS) is 14.5. The molecule has 2 unspecified atom stereocenters. The van der Waals surface area contributed by atoms with Crippen LogP contribution in [0, 0.1) is 19.8 Å². The Morgan fingerprint density at radius 2 is 1.79 bits per heavy atom. The molecule has 3 heteroatoms. The molecule has 0 saturated carbocycles. The molecule has 0 aliphatic heterocycles. The summed E-state index contributed by atoms with van der Waals surface area (Å²) < 4.78 is 5.58. The van der Waals surface area contributed by atoms with Gasteiger partial charge in [0.1, 0.15) is 5.75 Å². The van der Waals surface area contributed by atoms with E-state index in [0.29, 0.717) is 12.0 Å². The first-order valence-electron chi connectivity index (χ1n) is 6.94. The van der Waals surface area contributed by atoms with Crippen molar-refractivity contribution in [2.24, 2.45) is 11.7 Å². The molecule has 0 radical (unpaired) electrons. The van der Waals surface area contributed by atoms with Crippen molar-refractivity contribution in [3.8, 4) is 5.75 Å². The molecule has 0 saturated heterocycles. The third-order valence-electron chi connectivity index (χ3n) is 3.88. The van der Waals surface area contributed by atoms with Crippen LogP contribution in [0.5, 0.6) is 5.75 Å². The smallest absolute Gasteiger partial charge is 0.123 e. The summed E-state index contributed by atoms with van der Waals surface area (Å²) in [5.41, 5.74) is 9.56. The molecule has 0 fully saturated rings. The first kappa shape index (κ1) is 16.0. The molecule has 2 N–H and O–H groups in total. The van der Waals surface area contributed by atoms with Crippen molar-refractivity contribution in [2.45, 2.75) is 33.2 Å². The van der Waals surface area contributed by atoms with E-state index in [2.05, 4.69) is 51.9 Å². The lowest BCUT2D eigenvalue weighted by Crippen LogP contribution is -2.28. The van der Waals surface area contributed by atoms with Crippen molar-refractivity contribution < 1.29 is 4.74 Å². The Balaban J connectivity index is 3.25. The van der Waals surface area contributed by atoms with Gasteiger partial charge in [0.15, 0.2) is 0 Å². The molecule has 19 heavy (non-hydrogen) atoms. The van der Waals surface area contributed by atoms with Gasteiger partial charge in [-0.1, -0.05) is 13.0 Å². The highest BCUT2D eigenvalue weighted by molar-refractivity contribution is 5.43. The lowest BCUT2D eigenvalue weighted by atomic mass is 9.88. The highest BCUT2D eigenvalue weighted by Crippen LogP contribution is 2.36. The minimum atomic E-state index is 0.331.